The van der Waals surface area contributed by atoms with Gasteiger partial charge >= 0.3 is 13.4 Å². The SMILES string of the molecule is COCOc1cc(OCCCN([B]C=O)c2ccccn2)cc2c1C(=O)OC(C)[C@H](C)/C=C\C(=O)C1OC(C)(C)OC1CC=C2. The van der Waals surface area contributed by atoms with Crippen LogP contribution in [0.1, 0.15) is 56.5 Å². The van der Waals surface area contributed by atoms with Gasteiger partial charge in [0.15, 0.2) is 18.4 Å². The predicted octanol–water partition coefficient (Wildman–Crippen LogP) is 4.39. The van der Waals surface area contributed by atoms with Gasteiger partial charge in [0.1, 0.15) is 41.3 Å². The maximum atomic E-state index is 13.6. The minimum absolute atomic E-state index is 0.103. The molecule has 0 aliphatic carbocycles. The largest absolute Gasteiger partial charge is 0.493 e. The number of carbonyl (C=O) groups excluding carboxylic acids is 3. The Morgan fingerprint density at radius 2 is 1.96 bits per heavy atom. The maximum absolute atomic E-state index is 13.6. The number of fused-ring (bicyclic) bond motifs is 2. The highest BCUT2D eigenvalue weighted by atomic mass is 16.8. The first-order valence-electron chi connectivity index (χ1n) is 15.0. The zero-order valence-electron chi connectivity index (χ0n) is 26.3. The number of nitrogens with zero attached hydrogens (tertiary/aromatic N) is 2. The number of benzene rings is 1. The summed E-state index contributed by atoms with van der Waals surface area (Å²) < 4.78 is 34.9. The van der Waals surface area contributed by atoms with Crippen molar-refractivity contribution in [3.63, 3.8) is 0 Å². The van der Waals surface area contributed by atoms with Gasteiger partial charge in [0, 0.05) is 31.8 Å². The molecule has 1 fully saturated rings. The van der Waals surface area contributed by atoms with Gasteiger partial charge in [0.2, 0.25) is 0 Å². The van der Waals surface area contributed by atoms with E-state index in [9.17, 15) is 14.4 Å². The van der Waals surface area contributed by atoms with Gasteiger partial charge < -0.3 is 38.0 Å². The van der Waals surface area contributed by atoms with Crippen LogP contribution in [0, 0.1) is 5.92 Å². The van der Waals surface area contributed by atoms with Crippen LogP contribution in [-0.4, -0.2) is 81.5 Å². The van der Waals surface area contributed by atoms with E-state index in [1.165, 1.54) is 20.6 Å². The molecule has 0 bridgehead atoms. The highest BCUT2D eigenvalue weighted by molar-refractivity contribution is 6.70. The monoisotopic (exact) mass is 619 g/mol. The number of cyclic esters (lactones) is 1. The standard InChI is InChI=1S/C33H40BN2O9/c1-22-13-14-26(38)31-27(44-33(3,4)45-31)11-8-10-24-18-25(19-28(42-21-40-5)30(24)32(39)43-23(22)2)41-17-9-16-36(34-20-37)29-12-6-7-15-35-29/h6-8,10,12-15,18-20,22-23,27,31H,9,11,16-17,21H2,1-5H3/b10-8?,14-13-/t22-,23?,27?,31?/m1/s1. The lowest BCUT2D eigenvalue weighted by molar-refractivity contribution is -0.152. The first-order valence-corrected chi connectivity index (χ1v) is 15.0. The molecule has 11 nitrogen and oxygen atoms in total. The fourth-order valence-corrected chi connectivity index (χ4v) is 4.98. The van der Waals surface area contributed by atoms with Crippen LogP contribution in [0.2, 0.25) is 0 Å². The number of aromatic nitrogens is 1. The molecule has 3 unspecified atom stereocenters. The second-order valence-electron chi connectivity index (χ2n) is 11.3. The van der Waals surface area contributed by atoms with Crippen LogP contribution in [-0.2, 0) is 28.5 Å². The van der Waals surface area contributed by atoms with Gasteiger partial charge in [-0.2, -0.15) is 0 Å². The number of carbonyl (C=O) groups is 3. The number of anilines is 1. The molecule has 12 heteroatoms. The van der Waals surface area contributed by atoms with Gasteiger partial charge in [-0.05, 0) is 63.5 Å². The van der Waals surface area contributed by atoms with Gasteiger partial charge in [-0.25, -0.2) is 9.78 Å². The van der Waals surface area contributed by atoms with Crippen molar-refractivity contribution in [3.8, 4) is 11.5 Å². The van der Waals surface area contributed by atoms with Crippen LogP contribution in [0.25, 0.3) is 6.08 Å². The first kappa shape index (κ1) is 33.9. The normalized spacial score (nSPS) is 23.6. The van der Waals surface area contributed by atoms with Gasteiger partial charge in [0.05, 0.1) is 12.7 Å². The first-order chi connectivity index (χ1) is 21.6. The van der Waals surface area contributed by atoms with Crippen molar-refractivity contribution in [2.75, 3.05) is 31.9 Å². The van der Waals surface area contributed by atoms with E-state index in [0.717, 1.165) is 0 Å². The highest BCUT2D eigenvalue weighted by Gasteiger charge is 2.43. The molecule has 239 valence electrons. The minimum atomic E-state index is -0.922. The van der Waals surface area contributed by atoms with Crippen molar-refractivity contribution in [3.05, 3.63) is 65.9 Å². The Bertz CT molecular complexity index is 1380. The molecule has 1 aromatic heterocycles. The van der Waals surface area contributed by atoms with Gasteiger partial charge in [-0.1, -0.05) is 31.2 Å². The number of hydrogen-bond acceptors (Lipinski definition) is 11. The van der Waals surface area contributed by atoms with E-state index in [0.29, 0.717) is 49.3 Å². The second kappa shape index (κ2) is 15.8. The molecule has 0 saturated carbocycles. The van der Waals surface area contributed by atoms with Crippen molar-refractivity contribution < 1.29 is 42.8 Å². The summed E-state index contributed by atoms with van der Waals surface area (Å²) >= 11 is 0. The van der Waals surface area contributed by atoms with Gasteiger partial charge in [0.25, 0.3) is 0 Å². The Morgan fingerprint density at radius 3 is 2.69 bits per heavy atom. The lowest BCUT2D eigenvalue weighted by atomic mass is 9.94. The molecule has 4 rings (SSSR count). The van der Waals surface area contributed by atoms with Crippen molar-refractivity contribution in [1.29, 1.82) is 0 Å². The molecule has 4 atom stereocenters. The molecule has 2 aliphatic rings. The summed E-state index contributed by atoms with van der Waals surface area (Å²) in [6, 6.07) is 8.84. The third kappa shape index (κ3) is 9.26. The number of ether oxygens (including phenoxy) is 6. The molecule has 2 aromatic rings. The van der Waals surface area contributed by atoms with Crippen LogP contribution in [0.4, 0.5) is 5.82 Å². The topological polar surface area (TPSA) is 123 Å². The lowest BCUT2D eigenvalue weighted by Gasteiger charge is -2.22. The summed E-state index contributed by atoms with van der Waals surface area (Å²) in [5, 5.41) is 0. The summed E-state index contributed by atoms with van der Waals surface area (Å²) in [6.07, 6.45) is 8.24. The van der Waals surface area contributed by atoms with Crippen LogP contribution in [0.15, 0.2) is 54.8 Å². The molecule has 0 amide bonds. The van der Waals surface area contributed by atoms with Crippen molar-refractivity contribution in [1.82, 2.24) is 4.98 Å². The summed E-state index contributed by atoms with van der Waals surface area (Å²) in [7, 11) is 2.91. The number of ketones is 1. The van der Waals surface area contributed by atoms with Crippen LogP contribution >= 0.6 is 0 Å². The van der Waals surface area contributed by atoms with Crippen LogP contribution in [0.3, 0.4) is 0 Å². The van der Waals surface area contributed by atoms with Gasteiger partial charge in [-0.3, -0.25) is 4.79 Å². The molecular weight excluding hydrogens is 579 g/mol. The lowest BCUT2D eigenvalue weighted by Crippen LogP contribution is -2.31. The smallest absolute Gasteiger partial charge is 0.342 e. The molecule has 1 aromatic carbocycles. The fourth-order valence-electron chi connectivity index (χ4n) is 4.98. The van der Waals surface area contributed by atoms with Gasteiger partial charge in [-0.15, -0.1) is 0 Å². The Kier molecular flexibility index (Phi) is 11.9. The average Bonchev–Trinajstić information content (AvgIpc) is 3.33. The number of rotatable bonds is 11. The second-order valence-corrected chi connectivity index (χ2v) is 11.3. The summed E-state index contributed by atoms with van der Waals surface area (Å²) in [5.41, 5.74) is 0.718. The maximum Gasteiger partial charge on any atom is 0.342 e. The average molecular weight is 620 g/mol. The number of esters is 1. The zero-order valence-corrected chi connectivity index (χ0v) is 26.3. The van der Waals surface area contributed by atoms with Crippen molar-refractivity contribution >= 4 is 37.2 Å². The van der Waals surface area contributed by atoms with E-state index in [2.05, 4.69) is 4.98 Å². The predicted molar refractivity (Wildman–Crippen MR) is 169 cm³/mol. The molecule has 2 aliphatic heterocycles. The fraction of sp³-hybridized carbons (Fsp3) is 0.455. The molecule has 45 heavy (non-hydrogen) atoms. The quantitative estimate of drug-likeness (QED) is 0.117. The number of pyridine rings is 1. The van der Waals surface area contributed by atoms with Crippen LogP contribution < -0.4 is 14.3 Å². The van der Waals surface area contributed by atoms with E-state index in [1.54, 1.807) is 62.1 Å². The molecule has 1 saturated heterocycles. The Labute approximate surface area is 264 Å². The van der Waals surface area contributed by atoms with Crippen LogP contribution in [0.5, 0.6) is 11.5 Å². The Morgan fingerprint density at radius 1 is 1.13 bits per heavy atom. The minimum Gasteiger partial charge on any atom is -0.493 e. The van der Waals surface area contributed by atoms with E-state index < -0.39 is 30.1 Å². The molecule has 3 heterocycles. The van der Waals surface area contributed by atoms with Crippen molar-refractivity contribution in [2.24, 2.45) is 5.92 Å². The molecular formula is C33H40BN2O9. The van der Waals surface area contributed by atoms with E-state index in [-0.39, 0.29) is 29.8 Å². The molecule has 0 N–H and O–H groups in total. The van der Waals surface area contributed by atoms with E-state index in [1.807, 2.05) is 25.1 Å². The molecule has 1 radical (unpaired) electrons. The van der Waals surface area contributed by atoms with E-state index in [4.69, 9.17) is 28.4 Å². The third-order valence-electron chi connectivity index (χ3n) is 7.37. The van der Waals surface area contributed by atoms with E-state index >= 15 is 0 Å². The third-order valence-corrected chi connectivity index (χ3v) is 7.37. The Balaban J connectivity index is 1.61. The summed E-state index contributed by atoms with van der Waals surface area (Å²) in [4.78, 5) is 43.9. The molecule has 0 spiro atoms. The van der Waals surface area contributed by atoms with Crippen molar-refractivity contribution in [2.45, 2.75) is 64.6 Å². The summed E-state index contributed by atoms with van der Waals surface area (Å²) in [5.74, 6) is -0.631. The number of hydrogen-bond donors (Lipinski definition) is 0. The zero-order chi connectivity index (χ0) is 32.4. The summed E-state index contributed by atoms with van der Waals surface area (Å²) in [6.45, 7) is 7.87. The number of methoxy groups -OCH3 is 1. The Hall–Kier alpha value is -4.00. The highest BCUT2D eigenvalue weighted by Crippen LogP contribution is 2.34.